The van der Waals surface area contributed by atoms with Gasteiger partial charge in [0, 0.05) is 5.56 Å². The number of hydrogen-bond acceptors (Lipinski definition) is 2. The molecule has 0 bridgehead atoms. The molecule has 0 atom stereocenters. The number of carboxylic acids is 1. The maximum absolute atomic E-state index is 13.4. The second kappa shape index (κ2) is 7.40. The lowest BCUT2D eigenvalue weighted by Crippen LogP contribution is -2.16. The lowest BCUT2D eigenvalue weighted by Gasteiger charge is -2.20. The molecule has 0 aliphatic heterocycles. The fourth-order valence-corrected chi connectivity index (χ4v) is 4.03. The van der Waals surface area contributed by atoms with Crippen molar-refractivity contribution in [1.82, 2.24) is 0 Å². The van der Waals surface area contributed by atoms with Crippen molar-refractivity contribution in [2.24, 2.45) is 0 Å². The highest BCUT2D eigenvalue weighted by atomic mass is 35.5. The van der Waals surface area contributed by atoms with Crippen molar-refractivity contribution < 1.29 is 14.7 Å². The van der Waals surface area contributed by atoms with Crippen LogP contribution in [-0.4, -0.2) is 16.9 Å². The number of hydrogen-bond donors (Lipinski definition) is 1. The molecular formula is C19H16Cl4O3. The van der Waals surface area contributed by atoms with Crippen LogP contribution in [0.2, 0.25) is 20.1 Å². The number of halogens is 4. The Morgan fingerprint density at radius 1 is 0.577 bits per heavy atom. The zero-order valence-electron chi connectivity index (χ0n) is 14.8. The fraction of sp³-hybridized carbons (Fsp3) is 0.263. The van der Waals surface area contributed by atoms with E-state index >= 15 is 0 Å². The standard InChI is InChI=1S/C19H16Cl4O3/c1-6-7(2)9(4)11(10(5)8(6)3)18(24)12-13(19(25)26)15(21)17(23)16(22)14(12)20/h1-5H3,(H,25,26). The van der Waals surface area contributed by atoms with Crippen molar-refractivity contribution in [1.29, 1.82) is 0 Å². The van der Waals surface area contributed by atoms with E-state index in [0.717, 1.165) is 27.8 Å². The number of aromatic carboxylic acids is 1. The summed E-state index contributed by atoms with van der Waals surface area (Å²) < 4.78 is 0. The van der Waals surface area contributed by atoms with Crippen molar-refractivity contribution >= 4 is 58.2 Å². The lowest BCUT2D eigenvalue weighted by molar-refractivity contribution is 0.0693. The van der Waals surface area contributed by atoms with Crippen LogP contribution < -0.4 is 0 Å². The van der Waals surface area contributed by atoms with E-state index in [-0.39, 0.29) is 25.7 Å². The Morgan fingerprint density at radius 3 is 1.31 bits per heavy atom. The quantitative estimate of drug-likeness (QED) is 0.330. The third kappa shape index (κ3) is 3.11. The molecule has 0 saturated heterocycles. The van der Waals surface area contributed by atoms with Crippen LogP contribution in [-0.2, 0) is 0 Å². The SMILES string of the molecule is Cc1c(C)c(C)c(C(=O)c2c(Cl)c(Cl)c(Cl)c(Cl)c2C(=O)O)c(C)c1C. The van der Waals surface area contributed by atoms with Gasteiger partial charge >= 0.3 is 5.97 Å². The van der Waals surface area contributed by atoms with Crippen LogP contribution in [0.1, 0.15) is 54.1 Å². The molecule has 7 heteroatoms. The molecule has 0 fully saturated rings. The molecule has 0 unspecified atom stereocenters. The second-order valence-electron chi connectivity index (χ2n) is 6.14. The number of rotatable bonds is 3. The van der Waals surface area contributed by atoms with E-state index in [1.807, 2.05) is 34.6 Å². The minimum absolute atomic E-state index is 0.150. The van der Waals surface area contributed by atoms with Gasteiger partial charge in [-0.15, -0.1) is 0 Å². The van der Waals surface area contributed by atoms with Crippen molar-refractivity contribution in [3.63, 3.8) is 0 Å². The Kier molecular flexibility index (Phi) is 5.99. The van der Waals surface area contributed by atoms with Crippen LogP contribution in [0.4, 0.5) is 0 Å². The first kappa shape index (κ1) is 21.0. The molecule has 1 N–H and O–H groups in total. The van der Waals surface area contributed by atoms with Crippen LogP contribution >= 0.6 is 46.4 Å². The molecule has 26 heavy (non-hydrogen) atoms. The average Bonchev–Trinajstić information content (AvgIpc) is 2.58. The van der Waals surface area contributed by atoms with Gasteiger partial charge in [-0.1, -0.05) is 46.4 Å². The summed E-state index contributed by atoms with van der Waals surface area (Å²) in [6, 6.07) is 0. The van der Waals surface area contributed by atoms with Crippen LogP contribution in [0, 0.1) is 34.6 Å². The first-order valence-electron chi connectivity index (χ1n) is 7.64. The van der Waals surface area contributed by atoms with Crippen LogP contribution in [0.5, 0.6) is 0 Å². The van der Waals surface area contributed by atoms with Gasteiger partial charge in [-0.05, 0) is 62.4 Å². The summed E-state index contributed by atoms with van der Waals surface area (Å²) in [6.07, 6.45) is 0. The number of benzene rings is 2. The zero-order chi connectivity index (χ0) is 20.1. The molecule has 138 valence electrons. The van der Waals surface area contributed by atoms with Crippen LogP contribution in [0.3, 0.4) is 0 Å². The first-order chi connectivity index (χ1) is 11.9. The predicted octanol–water partition coefficient (Wildman–Crippen LogP) is 6.77. The smallest absolute Gasteiger partial charge is 0.338 e. The minimum Gasteiger partial charge on any atom is -0.478 e. The van der Waals surface area contributed by atoms with Crippen molar-refractivity contribution in [3.8, 4) is 0 Å². The highest BCUT2D eigenvalue weighted by molar-refractivity contribution is 6.54. The zero-order valence-corrected chi connectivity index (χ0v) is 17.8. The highest BCUT2D eigenvalue weighted by Crippen LogP contribution is 2.43. The number of ketones is 1. The Bertz CT molecular complexity index is 949. The maximum Gasteiger partial charge on any atom is 0.338 e. The summed E-state index contributed by atoms with van der Waals surface area (Å²) in [5.74, 6) is -1.95. The van der Waals surface area contributed by atoms with Gasteiger partial charge in [0.1, 0.15) is 0 Å². The molecule has 0 aromatic heterocycles. The summed E-state index contributed by atoms with van der Waals surface area (Å²) in [7, 11) is 0. The third-order valence-corrected chi connectivity index (χ3v) is 6.74. The summed E-state index contributed by atoms with van der Waals surface area (Å²) in [5.41, 5.74) is 4.18. The summed E-state index contributed by atoms with van der Waals surface area (Å²) >= 11 is 24.3. The third-order valence-electron chi connectivity index (χ3n) is 4.94. The topological polar surface area (TPSA) is 54.4 Å². The summed E-state index contributed by atoms with van der Waals surface area (Å²) in [6.45, 7) is 9.43. The van der Waals surface area contributed by atoms with E-state index < -0.39 is 17.3 Å². The van der Waals surface area contributed by atoms with E-state index in [9.17, 15) is 14.7 Å². The Hall–Kier alpha value is -1.26. The molecule has 2 aromatic carbocycles. The van der Waals surface area contributed by atoms with Gasteiger partial charge in [0.25, 0.3) is 0 Å². The second-order valence-corrected chi connectivity index (χ2v) is 7.65. The Labute approximate surface area is 171 Å². The lowest BCUT2D eigenvalue weighted by atomic mass is 9.85. The Morgan fingerprint density at radius 2 is 0.923 bits per heavy atom. The molecule has 0 aliphatic rings. The molecule has 0 radical (unpaired) electrons. The van der Waals surface area contributed by atoms with Crippen molar-refractivity contribution in [3.05, 3.63) is 64.6 Å². The van der Waals surface area contributed by atoms with Gasteiger partial charge in [0.05, 0.1) is 31.2 Å². The van der Waals surface area contributed by atoms with Gasteiger partial charge in [-0.3, -0.25) is 4.79 Å². The highest BCUT2D eigenvalue weighted by Gasteiger charge is 2.31. The van der Waals surface area contributed by atoms with Crippen molar-refractivity contribution in [2.75, 3.05) is 0 Å². The molecule has 0 amide bonds. The number of carbonyl (C=O) groups excluding carboxylic acids is 1. The molecule has 0 spiro atoms. The predicted molar refractivity (Wildman–Crippen MR) is 107 cm³/mol. The molecule has 0 heterocycles. The van der Waals surface area contributed by atoms with E-state index in [1.54, 1.807) is 0 Å². The Balaban J connectivity index is 2.96. The van der Waals surface area contributed by atoms with Crippen LogP contribution in [0.15, 0.2) is 0 Å². The molecule has 0 saturated carbocycles. The van der Waals surface area contributed by atoms with E-state index in [0.29, 0.717) is 5.56 Å². The van der Waals surface area contributed by atoms with Gasteiger partial charge in [-0.25, -0.2) is 4.79 Å². The normalized spacial score (nSPS) is 11.0. The number of carbonyl (C=O) groups is 2. The minimum atomic E-state index is -1.41. The van der Waals surface area contributed by atoms with E-state index in [4.69, 9.17) is 46.4 Å². The molecule has 2 rings (SSSR count). The molecule has 0 aliphatic carbocycles. The number of carboxylic acid groups (broad SMARTS) is 1. The van der Waals surface area contributed by atoms with Crippen LogP contribution in [0.25, 0.3) is 0 Å². The van der Waals surface area contributed by atoms with Gasteiger partial charge in [-0.2, -0.15) is 0 Å². The van der Waals surface area contributed by atoms with Gasteiger partial charge < -0.3 is 5.11 Å². The largest absolute Gasteiger partial charge is 0.478 e. The summed E-state index contributed by atoms with van der Waals surface area (Å²) in [5, 5.41) is 8.69. The molecule has 2 aromatic rings. The average molecular weight is 434 g/mol. The maximum atomic E-state index is 13.4. The van der Waals surface area contributed by atoms with Gasteiger partial charge in [0.2, 0.25) is 0 Å². The van der Waals surface area contributed by atoms with Gasteiger partial charge in [0.15, 0.2) is 5.78 Å². The molecular weight excluding hydrogens is 418 g/mol. The van der Waals surface area contributed by atoms with E-state index in [1.165, 1.54) is 0 Å². The molecule has 3 nitrogen and oxygen atoms in total. The van der Waals surface area contributed by atoms with E-state index in [2.05, 4.69) is 0 Å². The summed E-state index contributed by atoms with van der Waals surface area (Å²) in [4.78, 5) is 25.1. The van der Waals surface area contributed by atoms with Crippen molar-refractivity contribution in [2.45, 2.75) is 34.6 Å². The monoisotopic (exact) mass is 432 g/mol. The first-order valence-corrected chi connectivity index (χ1v) is 9.15. The fourth-order valence-electron chi connectivity index (χ4n) is 3.01.